The normalized spacial score (nSPS) is 12.7. The summed E-state index contributed by atoms with van der Waals surface area (Å²) >= 11 is 0. The third kappa shape index (κ3) is 5.47. The van der Waals surface area contributed by atoms with Gasteiger partial charge in [-0.1, -0.05) is 26.0 Å². The molecule has 4 rings (SSSR count). The summed E-state index contributed by atoms with van der Waals surface area (Å²) in [4.78, 5) is 14.8. The lowest BCUT2D eigenvalue weighted by Crippen LogP contribution is -2.22. The molecule has 0 saturated carbocycles. The van der Waals surface area contributed by atoms with Crippen molar-refractivity contribution in [2.75, 3.05) is 31.5 Å². The molecule has 0 aliphatic carbocycles. The predicted octanol–water partition coefficient (Wildman–Crippen LogP) is 4.12. The molecule has 0 unspecified atom stereocenters. The van der Waals surface area contributed by atoms with E-state index in [0.29, 0.717) is 17.8 Å². The van der Waals surface area contributed by atoms with E-state index in [1.165, 1.54) is 25.4 Å². The highest BCUT2D eigenvalue weighted by Gasteiger charge is 2.30. The molecule has 37 heavy (non-hydrogen) atoms. The van der Waals surface area contributed by atoms with E-state index in [4.69, 9.17) is 9.47 Å². The first-order valence-corrected chi connectivity index (χ1v) is 13.2. The number of methoxy groups -OCH3 is 1. The van der Waals surface area contributed by atoms with Crippen LogP contribution >= 0.6 is 0 Å². The van der Waals surface area contributed by atoms with Crippen LogP contribution < -0.4 is 9.46 Å². The quantitative estimate of drug-likeness (QED) is 0.415. The van der Waals surface area contributed by atoms with Crippen molar-refractivity contribution < 1.29 is 27.1 Å². The predicted molar refractivity (Wildman–Crippen MR) is 137 cm³/mol. The average molecular weight is 527 g/mol. The molecule has 2 aromatic carbocycles. The summed E-state index contributed by atoms with van der Waals surface area (Å²) in [6, 6.07) is 8.25. The minimum absolute atomic E-state index is 0.0292. The third-order valence-corrected chi connectivity index (χ3v) is 7.49. The van der Waals surface area contributed by atoms with Crippen molar-refractivity contribution >= 4 is 27.8 Å². The van der Waals surface area contributed by atoms with Gasteiger partial charge < -0.3 is 14.4 Å². The maximum Gasteiger partial charge on any atom is 0.343 e. The van der Waals surface area contributed by atoms with Crippen LogP contribution in [0.3, 0.4) is 0 Å². The van der Waals surface area contributed by atoms with Crippen LogP contribution in [0.4, 0.5) is 10.1 Å². The van der Waals surface area contributed by atoms with Gasteiger partial charge in [-0.25, -0.2) is 17.6 Å². The number of benzene rings is 2. The lowest BCUT2D eigenvalue weighted by molar-refractivity contribution is 0.0596. The van der Waals surface area contributed by atoms with E-state index in [1.54, 1.807) is 24.3 Å². The second-order valence-corrected chi connectivity index (χ2v) is 9.86. The van der Waals surface area contributed by atoms with Crippen LogP contribution in [0.5, 0.6) is 5.75 Å². The summed E-state index contributed by atoms with van der Waals surface area (Å²) in [7, 11) is -3.05. The van der Waals surface area contributed by atoms with Gasteiger partial charge in [0.05, 0.1) is 23.9 Å². The Morgan fingerprint density at radius 2 is 1.97 bits per heavy atom. The zero-order valence-electron chi connectivity index (χ0n) is 20.7. The zero-order chi connectivity index (χ0) is 26.6. The number of ether oxygens (including phenoxy) is 2. The fourth-order valence-corrected chi connectivity index (χ4v) is 5.35. The summed E-state index contributed by atoms with van der Waals surface area (Å²) in [6.07, 6.45) is 4.88. The van der Waals surface area contributed by atoms with Crippen molar-refractivity contribution in [3.05, 3.63) is 71.3 Å². The topological polar surface area (TPSA) is 111 Å². The van der Waals surface area contributed by atoms with E-state index >= 15 is 0 Å². The molecule has 11 heteroatoms. The summed E-state index contributed by atoms with van der Waals surface area (Å²) in [5.41, 5.74) is 1.94. The molecule has 0 amide bonds. The number of hydrogen-bond acceptors (Lipinski definition) is 8. The molecule has 194 valence electrons. The lowest BCUT2D eigenvalue weighted by Gasteiger charge is -2.23. The molecule has 0 saturated heterocycles. The molecule has 3 aromatic rings. The minimum Gasteiger partial charge on any atom is -0.486 e. The lowest BCUT2D eigenvalue weighted by atomic mass is 9.97. The molecule has 0 bridgehead atoms. The van der Waals surface area contributed by atoms with Gasteiger partial charge >= 0.3 is 5.97 Å². The van der Waals surface area contributed by atoms with Crippen molar-refractivity contribution in [3.63, 3.8) is 0 Å². The van der Waals surface area contributed by atoms with Gasteiger partial charge in [-0.3, -0.25) is 4.72 Å². The number of nitrogens with one attached hydrogen (secondary N) is 1. The summed E-state index contributed by atoms with van der Waals surface area (Å²) in [6.45, 7) is 6.32. The number of halogens is 1. The number of esters is 1. The number of hydrogen-bond donors (Lipinski definition) is 1. The first-order valence-electron chi connectivity index (χ1n) is 11.7. The van der Waals surface area contributed by atoms with Crippen LogP contribution in [-0.2, 0) is 21.4 Å². The molecule has 0 atom stereocenters. The van der Waals surface area contributed by atoms with E-state index in [1.807, 2.05) is 13.8 Å². The van der Waals surface area contributed by atoms with Gasteiger partial charge in [-0.15, -0.1) is 0 Å². The van der Waals surface area contributed by atoms with E-state index in [0.717, 1.165) is 30.8 Å². The van der Waals surface area contributed by atoms with E-state index in [2.05, 4.69) is 19.8 Å². The number of nitrogens with zero attached hydrogens (tertiary/aromatic N) is 3. The summed E-state index contributed by atoms with van der Waals surface area (Å²) in [5.74, 6) is -1.18. The summed E-state index contributed by atoms with van der Waals surface area (Å²) in [5, 5.41) is 7.91. The third-order valence-electron chi connectivity index (χ3n) is 6.05. The SMILES string of the molecule is CCN(CC)CC=Cc1cc(F)ccc1S(=O)(=O)Nc1ccc2c(c1C(=O)OC)OCc1nnccc1-2. The largest absolute Gasteiger partial charge is 0.486 e. The highest BCUT2D eigenvalue weighted by atomic mass is 32.2. The average Bonchev–Trinajstić information content (AvgIpc) is 2.90. The Balaban J connectivity index is 1.75. The summed E-state index contributed by atoms with van der Waals surface area (Å²) < 4.78 is 54.2. The molecule has 0 fully saturated rings. The molecule has 1 aliphatic heterocycles. The highest BCUT2D eigenvalue weighted by molar-refractivity contribution is 7.92. The molecular weight excluding hydrogens is 499 g/mol. The van der Waals surface area contributed by atoms with E-state index in [-0.39, 0.29) is 34.1 Å². The number of carbonyl (C=O) groups excluding carboxylic acids is 1. The molecule has 0 spiro atoms. The van der Waals surface area contributed by atoms with Gasteiger partial charge in [-0.05, 0) is 55.1 Å². The van der Waals surface area contributed by atoms with Crippen LogP contribution in [-0.4, -0.2) is 56.2 Å². The molecule has 1 aliphatic rings. The standard InChI is InChI=1S/C26H27FN4O5S/c1-4-31(5-2)14-6-7-17-15-18(27)8-11-23(17)37(33,34)30-21-10-9-20-19-12-13-28-29-22(19)16-36-25(20)24(21)26(32)35-3/h6-13,15,30H,4-5,14,16H2,1-3H3. The minimum atomic E-state index is -4.24. The number of anilines is 1. The number of aromatic nitrogens is 2. The maximum atomic E-state index is 14.1. The number of likely N-dealkylation sites (N-methyl/N-ethyl adjacent to an activating group) is 1. The van der Waals surface area contributed by atoms with Crippen molar-refractivity contribution in [2.24, 2.45) is 0 Å². The van der Waals surface area contributed by atoms with E-state index in [9.17, 15) is 17.6 Å². The van der Waals surface area contributed by atoms with Crippen LogP contribution in [0.15, 0.2) is 53.6 Å². The molecule has 2 heterocycles. The van der Waals surface area contributed by atoms with Gasteiger partial charge in [0.2, 0.25) is 0 Å². The Morgan fingerprint density at radius 3 is 2.70 bits per heavy atom. The Labute approximate surface area is 215 Å². The Bertz CT molecular complexity index is 1460. The monoisotopic (exact) mass is 526 g/mol. The van der Waals surface area contributed by atoms with Crippen LogP contribution in [0.1, 0.15) is 35.5 Å². The second-order valence-electron chi connectivity index (χ2n) is 8.21. The van der Waals surface area contributed by atoms with E-state index < -0.39 is 21.8 Å². The maximum absolute atomic E-state index is 14.1. The van der Waals surface area contributed by atoms with Gasteiger partial charge in [-0.2, -0.15) is 10.2 Å². The smallest absolute Gasteiger partial charge is 0.343 e. The van der Waals surface area contributed by atoms with Crippen molar-refractivity contribution in [1.82, 2.24) is 15.1 Å². The number of fused-ring (bicyclic) bond motifs is 3. The van der Waals surface area contributed by atoms with Crippen molar-refractivity contribution in [3.8, 4) is 16.9 Å². The fraction of sp³-hybridized carbons (Fsp3) is 0.269. The van der Waals surface area contributed by atoms with Gasteiger partial charge in [0.15, 0.2) is 0 Å². The number of sulfonamides is 1. The van der Waals surface area contributed by atoms with Crippen molar-refractivity contribution in [2.45, 2.75) is 25.3 Å². The highest BCUT2D eigenvalue weighted by Crippen LogP contribution is 2.42. The Morgan fingerprint density at radius 1 is 1.19 bits per heavy atom. The van der Waals surface area contributed by atoms with Gasteiger partial charge in [0, 0.05) is 17.7 Å². The van der Waals surface area contributed by atoms with Crippen molar-refractivity contribution in [1.29, 1.82) is 0 Å². The van der Waals surface area contributed by atoms with Crippen LogP contribution in [0.2, 0.25) is 0 Å². The fourth-order valence-electron chi connectivity index (χ4n) is 4.09. The van der Waals surface area contributed by atoms with Gasteiger partial charge in [0.1, 0.15) is 29.4 Å². The molecule has 1 N–H and O–H groups in total. The first-order chi connectivity index (χ1) is 17.8. The van der Waals surface area contributed by atoms with Crippen LogP contribution in [0.25, 0.3) is 17.2 Å². The molecule has 9 nitrogen and oxygen atoms in total. The number of rotatable bonds is 9. The second kappa shape index (κ2) is 11.1. The van der Waals surface area contributed by atoms with Crippen LogP contribution in [0, 0.1) is 5.82 Å². The molecule has 0 radical (unpaired) electrons. The molecule has 1 aromatic heterocycles. The molecular formula is C26H27FN4O5S. The van der Waals surface area contributed by atoms with Gasteiger partial charge in [0.25, 0.3) is 10.0 Å². The Hall–Kier alpha value is -3.83. The number of carbonyl (C=O) groups is 1. The first kappa shape index (κ1) is 26.2. The zero-order valence-corrected chi connectivity index (χ0v) is 21.5. The Kier molecular flexibility index (Phi) is 7.84.